The number of rotatable bonds is 6. The molecule has 6 nitrogen and oxygen atoms in total. The molecule has 1 atom stereocenters. The van der Waals surface area contributed by atoms with Gasteiger partial charge >= 0.3 is 0 Å². The van der Waals surface area contributed by atoms with Crippen molar-refractivity contribution in [2.45, 2.75) is 44.4 Å². The Bertz CT molecular complexity index is 677. The van der Waals surface area contributed by atoms with Gasteiger partial charge in [0.1, 0.15) is 5.76 Å². The summed E-state index contributed by atoms with van der Waals surface area (Å²) in [6.07, 6.45) is 7.77. The fourth-order valence-corrected chi connectivity index (χ4v) is 4.03. The van der Waals surface area contributed by atoms with Crippen LogP contribution >= 0.6 is 0 Å². The average molecular weight is 358 g/mol. The molecule has 26 heavy (non-hydrogen) atoms. The number of carbonyl (C=O) groups excluding carboxylic acids is 1. The summed E-state index contributed by atoms with van der Waals surface area (Å²) in [5, 5.41) is 0. The molecule has 0 aromatic carbocycles. The first-order valence-electron chi connectivity index (χ1n) is 9.50. The Labute approximate surface area is 153 Å². The van der Waals surface area contributed by atoms with Gasteiger partial charge in [0.2, 0.25) is 0 Å². The van der Waals surface area contributed by atoms with Crippen LogP contribution in [0.15, 0.2) is 45.6 Å². The molecule has 2 aromatic rings. The molecule has 6 heteroatoms. The minimum atomic E-state index is -0.0198. The molecular formula is C20H26N2O4. The van der Waals surface area contributed by atoms with Gasteiger partial charge in [-0.3, -0.25) is 9.69 Å². The molecule has 2 aliphatic rings. The van der Waals surface area contributed by atoms with E-state index < -0.39 is 0 Å². The summed E-state index contributed by atoms with van der Waals surface area (Å²) < 4.78 is 16.8. The van der Waals surface area contributed by atoms with Gasteiger partial charge in [-0.2, -0.15) is 0 Å². The van der Waals surface area contributed by atoms with Crippen LogP contribution in [0.2, 0.25) is 0 Å². The molecule has 0 radical (unpaired) electrons. The Morgan fingerprint density at radius 2 is 1.96 bits per heavy atom. The topological polar surface area (TPSA) is 59.1 Å². The van der Waals surface area contributed by atoms with Gasteiger partial charge in [0.05, 0.1) is 31.8 Å². The molecular weight excluding hydrogens is 332 g/mol. The van der Waals surface area contributed by atoms with Crippen LogP contribution in [-0.2, 0) is 11.3 Å². The zero-order chi connectivity index (χ0) is 17.8. The van der Waals surface area contributed by atoms with E-state index in [2.05, 4.69) is 4.90 Å². The maximum Gasteiger partial charge on any atom is 0.289 e. The van der Waals surface area contributed by atoms with E-state index in [0.29, 0.717) is 18.9 Å². The largest absolute Gasteiger partial charge is 0.468 e. The van der Waals surface area contributed by atoms with Gasteiger partial charge in [-0.1, -0.05) is 12.8 Å². The quantitative estimate of drug-likeness (QED) is 0.794. The number of hydrogen-bond acceptors (Lipinski definition) is 5. The number of amides is 1. The summed E-state index contributed by atoms with van der Waals surface area (Å²) in [6.45, 7) is 3.75. The van der Waals surface area contributed by atoms with Crippen LogP contribution in [0.5, 0.6) is 0 Å². The van der Waals surface area contributed by atoms with E-state index in [4.69, 9.17) is 13.6 Å². The standard InChI is InChI=1S/C20H26N2O4/c23-20(19-8-4-11-26-19)22(16-5-1-2-6-16)15-18-14-21(9-12-25-18)13-17-7-3-10-24-17/h3-4,7-8,10-11,16,18H,1-2,5-6,9,12-15H2. The fourth-order valence-electron chi connectivity index (χ4n) is 4.03. The molecule has 0 N–H and O–H groups in total. The van der Waals surface area contributed by atoms with E-state index in [0.717, 1.165) is 38.2 Å². The first kappa shape index (κ1) is 17.4. The van der Waals surface area contributed by atoms with E-state index in [-0.39, 0.29) is 18.1 Å². The van der Waals surface area contributed by atoms with Gasteiger partial charge < -0.3 is 18.5 Å². The monoisotopic (exact) mass is 358 g/mol. The maximum atomic E-state index is 13.0. The summed E-state index contributed by atoms with van der Waals surface area (Å²) in [6, 6.07) is 7.71. The fraction of sp³-hybridized carbons (Fsp3) is 0.550. The van der Waals surface area contributed by atoms with Crippen LogP contribution in [0.3, 0.4) is 0 Å². The first-order valence-corrected chi connectivity index (χ1v) is 9.50. The summed E-state index contributed by atoms with van der Waals surface area (Å²) in [4.78, 5) is 17.3. The second-order valence-corrected chi connectivity index (χ2v) is 7.18. The third-order valence-corrected chi connectivity index (χ3v) is 5.34. The van der Waals surface area contributed by atoms with Crippen molar-refractivity contribution in [3.05, 3.63) is 48.3 Å². The third-order valence-electron chi connectivity index (χ3n) is 5.34. The lowest BCUT2D eigenvalue weighted by Gasteiger charge is -2.37. The normalized spacial score (nSPS) is 21.9. The highest BCUT2D eigenvalue weighted by Gasteiger charge is 2.32. The highest BCUT2D eigenvalue weighted by Crippen LogP contribution is 2.26. The Morgan fingerprint density at radius 3 is 2.69 bits per heavy atom. The van der Waals surface area contributed by atoms with Crippen LogP contribution in [0.25, 0.3) is 0 Å². The molecule has 2 aromatic heterocycles. The summed E-state index contributed by atoms with van der Waals surface area (Å²) in [5.41, 5.74) is 0. The Morgan fingerprint density at radius 1 is 1.15 bits per heavy atom. The molecule has 0 spiro atoms. The number of hydrogen-bond donors (Lipinski definition) is 0. The molecule has 1 unspecified atom stereocenters. The van der Waals surface area contributed by atoms with Gasteiger partial charge in [-0.05, 0) is 37.1 Å². The first-order chi connectivity index (χ1) is 12.8. The predicted molar refractivity (Wildman–Crippen MR) is 95.7 cm³/mol. The van der Waals surface area contributed by atoms with Gasteiger partial charge in [0.25, 0.3) is 5.91 Å². The molecule has 3 heterocycles. The second kappa shape index (κ2) is 8.10. The highest BCUT2D eigenvalue weighted by molar-refractivity contribution is 5.91. The minimum Gasteiger partial charge on any atom is -0.468 e. The Kier molecular flexibility index (Phi) is 5.41. The number of furan rings is 2. The SMILES string of the molecule is O=C(c1ccco1)N(CC1CN(Cc2ccco2)CCO1)C1CCCC1. The van der Waals surface area contributed by atoms with E-state index in [1.165, 1.54) is 12.8 Å². The van der Waals surface area contributed by atoms with Crippen molar-refractivity contribution >= 4 is 5.91 Å². The van der Waals surface area contributed by atoms with Crippen molar-refractivity contribution in [1.82, 2.24) is 9.80 Å². The molecule has 140 valence electrons. The van der Waals surface area contributed by atoms with E-state index in [1.54, 1.807) is 24.7 Å². The molecule has 0 bridgehead atoms. The second-order valence-electron chi connectivity index (χ2n) is 7.18. The van der Waals surface area contributed by atoms with Crippen LogP contribution in [0, 0.1) is 0 Å². The smallest absolute Gasteiger partial charge is 0.289 e. The number of morpholine rings is 1. The van der Waals surface area contributed by atoms with E-state index in [9.17, 15) is 4.79 Å². The van der Waals surface area contributed by atoms with E-state index >= 15 is 0 Å². The zero-order valence-electron chi connectivity index (χ0n) is 15.0. The van der Waals surface area contributed by atoms with Crippen LogP contribution in [0.1, 0.15) is 42.0 Å². The van der Waals surface area contributed by atoms with Crippen molar-refractivity contribution < 1.29 is 18.4 Å². The van der Waals surface area contributed by atoms with E-state index in [1.807, 2.05) is 17.0 Å². The maximum absolute atomic E-state index is 13.0. The molecule has 2 fully saturated rings. The van der Waals surface area contributed by atoms with Crippen molar-refractivity contribution in [3.8, 4) is 0 Å². The third kappa shape index (κ3) is 4.02. The number of carbonyl (C=O) groups is 1. The van der Waals surface area contributed by atoms with Crippen molar-refractivity contribution in [2.75, 3.05) is 26.2 Å². The summed E-state index contributed by atoms with van der Waals surface area (Å²) in [5.74, 6) is 1.36. The molecule has 1 aliphatic carbocycles. The van der Waals surface area contributed by atoms with Crippen LogP contribution < -0.4 is 0 Å². The molecule has 1 saturated carbocycles. The number of nitrogens with zero attached hydrogens (tertiary/aromatic N) is 2. The van der Waals surface area contributed by atoms with Crippen LogP contribution in [0.4, 0.5) is 0 Å². The minimum absolute atomic E-state index is 0.0122. The lowest BCUT2D eigenvalue weighted by atomic mass is 10.1. The summed E-state index contributed by atoms with van der Waals surface area (Å²) >= 11 is 0. The van der Waals surface area contributed by atoms with Crippen molar-refractivity contribution in [1.29, 1.82) is 0 Å². The molecule has 1 amide bonds. The van der Waals surface area contributed by atoms with Gasteiger partial charge in [-0.25, -0.2) is 0 Å². The highest BCUT2D eigenvalue weighted by atomic mass is 16.5. The van der Waals surface area contributed by atoms with Gasteiger partial charge in [-0.15, -0.1) is 0 Å². The van der Waals surface area contributed by atoms with Gasteiger partial charge in [0, 0.05) is 25.7 Å². The molecule has 1 saturated heterocycles. The average Bonchev–Trinajstić information content (AvgIpc) is 3.42. The van der Waals surface area contributed by atoms with Crippen molar-refractivity contribution in [2.24, 2.45) is 0 Å². The lowest BCUT2D eigenvalue weighted by molar-refractivity contribution is -0.0485. The zero-order valence-corrected chi connectivity index (χ0v) is 15.0. The number of ether oxygens (including phenoxy) is 1. The van der Waals surface area contributed by atoms with Crippen molar-refractivity contribution in [3.63, 3.8) is 0 Å². The lowest BCUT2D eigenvalue weighted by Crippen LogP contribution is -2.50. The van der Waals surface area contributed by atoms with Crippen LogP contribution in [-0.4, -0.2) is 54.1 Å². The summed E-state index contributed by atoms with van der Waals surface area (Å²) in [7, 11) is 0. The molecule has 1 aliphatic heterocycles. The Balaban J connectivity index is 1.42. The Hall–Kier alpha value is -2.05. The predicted octanol–water partition coefficient (Wildman–Crippen LogP) is 3.16. The van der Waals surface area contributed by atoms with Gasteiger partial charge in [0.15, 0.2) is 5.76 Å². The molecule has 4 rings (SSSR count).